The largest absolute Gasteiger partial charge is 0.381 e. The molecule has 2 aromatic rings. The van der Waals surface area contributed by atoms with Gasteiger partial charge >= 0.3 is 0 Å². The van der Waals surface area contributed by atoms with Crippen LogP contribution in [0.3, 0.4) is 0 Å². The van der Waals surface area contributed by atoms with Crippen molar-refractivity contribution in [2.75, 3.05) is 11.9 Å². The summed E-state index contributed by atoms with van der Waals surface area (Å²) < 4.78 is 25.8. The molecule has 4 rings (SSSR count). The van der Waals surface area contributed by atoms with Crippen molar-refractivity contribution in [3.8, 4) is 0 Å². The van der Waals surface area contributed by atoms with Gasteiger partial charge in [-0.15, -0.1) is 0 Å². The molecule has 2 N–H and O–H groups in total. The molecule has 0 spiro atoms. The Hall–Kier alpha value is -1.85. The lowest BCUT2D eigenvalue weighted by Crippen LogP contribution is -2.25. The molecule has 0 amide bonds. The number of hydrogen-bond donors (Lipinski definition) is 2. The van der Waals surface area contributed by atoms with Gasteiger partial charge in [-0.2, -0.15) is 0 Å². The molecule has 24 heavy (non-hydrogen) atoms. The van der Waals surface area contributed by atoms with Crippen LogP contribution in [-0.4, -0.2) is 27.0 Å². The molecule has 0 saturated carbocycles. The Bertz CT molecular complexity index is 849. The molecule has 1 saturated heterocycles. The minimum atomic E-state index is -3.46. The van der Waals surface area contributed by atoms with Gasteiger partial charge in [-0.3, -0.25) is 0 Å². The van der Waals surface area contributed by atoms with Gasteiger partial charge in [0.15, 0.2) is 0 Å². The van der Waals surface area contributed by atoms with Crippen LogP contribution in [0.2, 0.25) is 0 Å². The number of rotatable bonds is 2. The summed E-state index contributed by atoms with van der Waals surface area (Å²) in [6, 6.07) is 15.0. The summed E-state index contributed by atoms with van der Waals surface area (Å²) in [7, 11) is -3.46. The fourth-order valence-corrected chi connectivity index (χ4v) is 5.23. The first-order valence-electron chi connectivity index (χ1n) is 8.50. The van der Waals surface area contributed by atoms with Crippen molar-refractivity contribution in [1.82, 2.24) is 5.32 Å². The van der Waals surface area contributed by atoms with Crippen molar-refractivity contribution in [2.24, 2.45) is 0 Å². The molecule has 0 bridgehead atoms. The van der Waals surface area contributed by atoms with Crippen LogP contribution in [0.15, 0.2) is 58.3 Å². The van der Waals surface area contributed by atoms with Gasteiger partial charge in [0.25, 0.3) is 0 Å². The minimum absolute atomic E-state index is 0.350. The number of sulfone groups is 1. The smallest absolute Gasteiger partial charge is 0.206 e. The van der Waals surface area contributed by atoms with E-state index in [1.54, 1.807) is 30.3 Å². The highest BCUT2D eigenvalue weighted by Gasteiger charge is 2.35. The van der Waals surface area contributed by atoms with Crippen LogP contribution in [0.4, 0.5) is 5.69 Å². The standard InChI is InChI=1S/C19H22N2O2S/c1-13-11-16-17-12-15(24(22,23)14-5-3-2-4-6-14)7-8-18(17)21-19(16)9-10-20-13/h2-8,12-13,16,19-21H,9-11H2,1H3/t13?,16-,19?/m1/s1. The van der Waals surface area contributed by atoms with E-state index in [0.717, 1.165) is 30.6 Å². The SMILES string of the molecule is CC1C[C@@H]2c3cc(S(=O)(=O)c4ccccc4)ccc3NC2CCN1. The molecule has 2 unspecified atom stereocenters. The van der Waals surface area contributed by atoms with Crippen LogP contribution in [0.5, 0.6) is 0 Å². The van der Waals surface area contributed by atoms with Crippen molar-refractivity contribution in [3.05, 3.63) is 54.1 Å². The molecule has 2 aromatic carbocycles. The summed E-state index contributed by atoms with van der Waals surface area (Å²) in [5, 5.41) is 7.10. The molecule has 0 radical (unpaired) electrons. The summed E-state index contributed by atoms with van der Waals surface area (Å²) in [4.78, 5) is 0.739. The number of benzene rings is 2. The van der Waals surface area contributed by atoms with Crippen LogP contribution in [0.1, 0.15) is 31.2 Å². The number of nitrogens with one attached hydrogen (secondary N) is 2. The van der Waals surface area contributed by atoms with E-state index in [-0.39, 0.29) is 0 Å². The zero-order valence-electron chi connectivity index (χ0n) is 13.7. The van der Waals surface area contributed by atoms with Gasteiger partial charge in [0.1, 0.15) is 0 Å². The number of anilines is 1. The summed E-state index contributed by atoms with van der Waals surface area (Å²) in [6.07, 6.45) is 2.09. The third-order valence-electron chi connectivity index (χ3n) is 5.17. The summed E-state index contributed by atoms with van der Waals surface area (Å²) in [5.74, 6) is 0.371. The van der Waals surface area contributed by atoms with Crippen molar-refractivity contribution < 1.29 is 8.42 Å². The van der Waals surface area contributed by atoms with Gasteiger partial charge in [-0.25, -0.2) is 8.42 Å². The maximum atomic E-state index is 12.9. The third kappa shape index (κ3) is 2.62. The predicted molar refractivity (Wildman–Crippen MR) is 95.2 cm³/mol. The Morgan fingerprint density at radius 2 is 1.83 bits per heavy atom. The van der Waals surface area contributed by atoms with Gasteiger partial charge in [-0.1, -0.05) is 18.2 Å². The maximum Gasteiger partial charge on any atom is 0.206 e. The van der Waals surface area contributed by atoms with E-state index in [0.29, 0.717) is 27.8 Å². The molecule has 0 aliphatic carbocycles. The Balaban J connectivity index is 1.75. The summed E-state index contributed by atoms with van der Waals surface area (Å²) >= 11 is 0. The fourth-order valence-electron chi connectivity index (χ4n) is 3.91. The molecular weight excluding hydrogens is 320 g/mol. The summed E-state index contributed by atoms with van der Waals surface area (Å²) in [6.45, 7) is 3.20. The van der Waals surface area contributed by atoms with Crippen molar-refractivity contribution >= 4 is 15.5 Å². The average Bonchev–Trinajstić information content (AvgIpc) is 2.81. The second-order valence-corrected chi connectivity index (χ2v) is 8.75. The highest BCUT2D eigenvalue weighted by molar-refractivity contribution is 7.91. The monoisotopic (exact) mass is 342 g/mol. The highest BCUT2D eigenvalue weighted by Crippen LogP contribution is 2.42. The highest BCUT2D eigenvalue weighted by atomic mass is 32.2. The Morgan fingerprint density at radius 1 is 1.04 bits per heavy atom. The number of fused-ring (bicyclic) bond motifs is 3. The Kier molecular flexibility index (Phi) is 3.85. The van der Waals surface area contributed by atoms with Gasteiger partial charge in [0, 0.05) is 23.7 Å². The van der Waals surface area contributed by atoms with Gasteiger partial charge < -0.3 is 10.6 Å². The van der Waals surface area contributed by atoms with Gasteiger partial charge in [0.2, 0.25) is 9.84 Å². The molecule has 1 fully saturated rings. The normalized spacial score (nSPS) is 26.1. The van der Waals surface area contributed by atoms with Crippen LogP contribution in [0, 0.1) is 0 Å². The Morgan fingerprint density at radius 3 is 2.62 bits per heavy atom. The van der Waals surface area contributed by atoms with Crippen LogP contribution in [0.25, 0.3) is 0 Å². The fraction of sp³-hybridized carbons (Fsp3) is 0.368. The van der Waals surface area contributed by atoms with E-state index in [9.17, 15) is 8.42 Å². The van der Waals surface area contributed by atoms with E-state index in [2.05, 4.69) is 17.6 Å². The van der Waals surface area contributed by atoms with Crippen LogP contribution in [-0.2, 0) is 9.84 Å². The average molecular weight is 342 g/mol. The topological polar surface area (TPSA) is 58.2 Å². The quantitative estimate of drug-likeness (QED) is 0.880. The first kappa shape index (κ1) is 15.7. The Labute approximate surface area is 143 Å². The maximum absolute atomic E-state index is 12.9. The van der Waals surface area contributed by atoms with Crippen molar-refractivity contribution in [2.45, 2.75) is 47.6 Å². The van der Waals surface area contributed by atoms with Crippen molar-refractivity contribution in [3.63, 3.8) is 0 Å². The van der Waals surface area contributed by atoms with E-state index in [1.807, 2.05) is 18.2 Å². The van der Waals surface area contributed by atoms with Gasteiger partial charge in [-0.05, 0) is 62.2 Å². The molecule has 126 valence electrons. The van der Waals surface area contributed by atoms with E-state index < -0.39 is 9.84 Å². The van der Waals surface area contributed by atoms with Crippen molar-refractivity contribution in [1.29, 1.82) is 0 Å². The molecular formula is C19H22N2O2S. The molecule has 5 heteroatoms. The molecule has 4 nitrogen and oxygen atoms in total. The number of hydrogen-bond acceptors (Lipinski definition) is 4. The van der Waals surface area contributed by atoms with E-state index >= 15 is 0 Å². The summed E-state index contributed by atoms with van der Waals surface area (Å²) in [5.41, 5.74) is 2.23. The third-order valence-corrected chi connectivity index (χ3v) is 6.94. The zero-order valence-corrected chi connectivity index (χ0v) is 14.5. The van der Waals surface area contributed by atoms with E-state index in [1.165, 1.54) is 0 Å². The van der Waals surface area contributed by atoms with E-state index in [4.69, 9.17) is 0 Å². The first-order chi connectivity index (χ1) is 11.6. The molecule has 3 atom stereocenters. The second kappa shape index (κ2) is 5.90. The minimum Gasteiger partial charge on any atom is -0.381 e. The van der Waals surface area contributed by atoms with Crippen LogP contribution >= 0.6 is 0 Å². The first-order valence-corrected chi connectivity index (χ1v) is 9.98. The lowest BCUT2D eigenvalue weighted by molar-refractivity contribution is 0.511. The lowest BCUT2D eigenvalue weighted by Gasteiger charge is -2.18. The molecule has 0 aromatic heterocycles. The van der Waals surface area contributed by atoms with Crippen LogP contribution < -0.4 is 10.6 Å². The lowest BCUT2D eigenvalue weighted by atomic mass is 9.89. The molecule has 2 heterocycles. The zero-order chi connectivity index (χ0) is 16.7. The van der Waals surface area contributed by atoms with Gasteiger partial charge in [0.05, 0.1) is 9.79 Å². The predicted octanol–water partition coefficient (Wildman–Crippen LogP) is 3.17. The molecule has 2 aliphatic rings. The molecule has 2 aliphatic heterocycles. The second-order valence-electron chi connectivity index (χ2n) is 6.80.